The smallest absolute Gasteiger partial charge is 0.410 e. The van der Waals surface area contributed by atoms with Crippen molar-refractivity contribution in [2.45, 2.75) is 146 Å². The maximum atomic E-state index is 14.6. The monoisotopic (exact) mass is 998 g/mol. The number of carbonyl (C=O) groups excluding carboxylic acids is 5. The van der Waals surface area contributed by atoms with Gasteiger partial charge in [-0.1, -0.05) is 88.7 Å². The van der Waals surface area contributed by atoms with Gasteiger partial charge in [-0.05, 0) is 74.3 Å². The third kappa shape index (κ3) is 14.9. The first-order valence-corrected chi connectivity index (χ1v) is 25.7. The summed E-state index contributed by atoms with van der Waals surface area (Å²) in [6, 6.07) is 5.40. The molecule has 4 rings (SSSR count). The molecule has 1 saturated heterocycles. The van der Waals surface area contributed by atoms with E-state index in [1.807, 2.05) is 59.7 Å². The lowest BCUT2D eigenvalue weighted by molar-refractivity contribution is -0.148. The molecular weight excluding hydrogens is 923 g/mol. The predicted molar refractivity (Wildman–Crippen MR) is 269 cm³/mol. The van der Waals surface area contributed by atoms with Crippen LogP contribution in [0.2, 0.25) is 0 Å². The third-order valence-corrected chi connectivity index (χ3v) is 16.0. The summed E-state index contributed by atoms with van der Waals surface area (Å²) < 4.78 is 17.2. The molecule has 1 fully saturated rings. The number of methoxy groups -OCH3 is 2. The SMILES string of the molecule is C=C(C)[C@@H](C(=O)N[C@H](C(=O)N(C)[C@@H]([C@@H](C)CC)[C@@H](CC(=O)N1CCC[C@H]1[C@H](OC)[C@@H](C)C(=O)N[C@H](C)[C@@H](O)c1ccccc1)OC)C(C)C)N(C)C(=O)OCC(C)(C)SSc1nc2cncnc2[nH]1. The molecule has 0 aliphatic carbocycles. The maximum absolute atomic E-state index is 14.6. The molecule has 3 heterocycles. The van der Waals surface area contributed by atoms with Crippen molar-refractivity contribution in [1.82, 2.24) is 45.3 Å². The number of hydrogen-bond acceptors (Lipinski definition) is 14. The van der Waals surface area contributed by atoms with Crippen molar-refractivity contribution in [2.75, 3.05) is 41.5 Å². The average molecular weight is 998 g/mol. The van der Waals surface area contributed by atoms with Gasteiger partial charge in [-0.15, -0.1) is 0 Å². The van der Waals surface area contributed by atoms with Crippen molar-refractivity contribution in [3.05, 3.63) is 60.6 Å². The van der Waals surface area contributed by atoms with E-state index < -0.39 is 71.2 Å². The van der Waals surface area contributed by atoms with E-state index in [2.05, 4.69) is 37.1 Å². The number of rotatable bonds is 25. The quantitative estimate of drug-likeness (QED) is 0.0550. The minimum Gasteiger partial charge on any atom is -0.448 e. The van der Waals surface area contributed by atoms with Crippen LogP contribution in [-0.4, -0.2) is 158 Å². The summed E-state index contributed by atoms with van der Waals surface area (Å²) in [5, 5.41) is 17.4. The van der Waals surface area contributed by atoms with Gasteiger partial charge in [-0.3, -0.25) is 24.1 Å². The van der Waals surface area contributed by atoms with Gasteiger partial charge in [0.2, 0.25) is 23.6 Å². The summed E-state index contributed by atoms with van der Waals surface area (Å²) in [6.07, 6.45) is 1.98. The van der Waals surface area contributed by atoms with Crippen LogP contribution in [0.1, 0.15) is 99.7 Å². The summed E-state index contributed by atoms with van der Waals surface area (Å²) >= 11 is 0. The first-order valence-electron chi connectivity index (χ1n) is 23.6. The van der Waals surface area contributed by atoms with Gasteiger partial charge in [0, 0.05) is 34.9 Å². The Labute approximate surface area is 415 Å². The number of aromatic nitrogens is 4. The van der Waals surface area contributed by atoms with Gasteiger partial charge in [-0.25, -0.2) is 19.7 Å². The number of likely N-dealkylation sites (tertiary alicyclic amines) is 1. The molecule has 1 aliphatic rings. The number of fused-ring (bicyclic) bond motifs is 1. The highest BCUT2D eigenvalue weighted by Crippen LogP contribution is 2.40. The van der Waals surface area contributed by atoms with Crippen LogP contribution in [0, 0.1) is 17.8 Å². The van der Waals surface area contributed by atoms with Gasteiger partial charge in [0.15, 0.2) is 10.8 Å². The lowest BCUT2D eigenvalue weighted by atomic mass is 9.89. The van der Waals surface area contributed by atoms with Crippen molar-refractivity contribution in [2.24, 2.45) is 17.8 Å². The van der Waals surface area contributed by atoms with E-state index in [1.54, 1.807) is 55.9 Å². The first-order chi connectivity index (χ1) is 32.6. The second kappa shape index (κ2) is 25.9. The van der Waals surface area contributed by atoms with Gasteiger partial charge in [0.25, 0.3) is 0 Å². The van der Waals surface area contributed by atoms with E-state index in [0.29, 0.717) is 53.3 Å². The molecule has 18 nitrogen and oxygen atoms in total. The van der Waals surface area contributed by atoms with Crippen LogP contribution in [-0.2, 0) is 33.4 Å². The van der Waals surface area contributed by atoms with Crippen LogP contribution in [0.15, 0.2) is 60.2 Å². The fraction of sp³-hybridized carbons (Fsp3) is 0.633. The molecule has 10 atom stereocenters. The first kappa shape index (κ1) is 56.8. The van der Waals surface area contributed by atoms with Gasteiger partial charge in [0.1, 0.15) is 30.5 Å². The second-order valence-corrected chi connectivity index (χ2v) is 21.9. The van der Waals surface area contributed by atoms with E-state index >= 15 is 0 Å². The normalized spacial score (nSPS) is 18.0. The summed E-state index contributed by atoms with van der Waals surface area (Å²) in [7, 11) is 8.99. The van der Waals surface area contributed by atoms with E-state index in [9.17, 15) is 29.1 Å². The highest BCUT2D eigenvalue weighted by Gasteiger charge is 2.44. The Bertz CT molecular complexity index is 2160. The average Bonchev–Trinajstić information content (AvgIpc) is 3.99. The highest BCUT2D eigenvalue weighted by molar-refractivity contribution is 8.77. The van der Waals surface area contributed by atoms with Crippen molar-refractivity contribution < 1.29 is 43.3 Å². The Morgan fingerprint density at radius 1 is 1.01 bits per heavy atom. The molecule has 0 saturated carbocycles. The Morgan fingerprint density at radius 2 is 1.70 bits per heavy atom. The topological polar surface area (TPSA) is 222 Å². The lowest BCUT2D eigenvalue weighted by Gasteiger charge is -2.41. The molecule has 4 N–H and O–H groups in total. The third-order valence-electron chi connectivity index (χ3n) is 12.9. The van der Waals surface area contributed by atoms with Crippen LogP contribution < -0.4 is 10.6 Å². The Morgan fingerprint density at radius 3 is 2.29 bits per heavy atom. The largest absolute Gasteiger partial charge is 0.448 e. The maximum Gasteiger partial charge on any atom is 0.410 e. The number of imidazole rings is 1. The van der Waals surface area contributed by atoms with Crippen molar-refractivity contribution in [1.29, 1.82) is 0 Å². The van der Waals surface area contributed by atoms with E-state index in [-0.39, 0.29) is 42.6 Å². The number of likely N-dealkylation sites (N-methyl/N-ethyl adjacent to an activating group) is 2. The molecule has 69 heavy (non-hydrogen) atoms. The number of nitrogens with zero attached hydrogens (tertiary/aromatic N) is 6. The van der Waals surface area contributed by atoms with Crippen molar-refractivity contribution in [3.63, 3.8) is 0 Å². The van der Waals surface area contributed by atoms with Crippen LogP contribution in [0.5, 0.6) is 0 Å². The molecule has 0 unspecified atom stereocenters. The Hall–Kier alpha value is -4.76. The number of aromatic amines is 1. The van der Waals surface area contributed by atoms with Crippen LogP contribution in [0.3, 0.4) is 0 Å². The fourth-order valence-corrected chi connectivity index (χ4v) is 10.8. The molecular formula is C49H75N9O9S2. The highest BCUT2D eigenvalue weighted by atomic mass is 33.1. The zero-order chi connectivity index (χ0) is 51.3. The van der Waals surface area contributed by atoms with Crippen LogP contribution >= 0.6 is 21.6 Å². The number of H-pyrrole nitrogens is 1. The molecule has 0 spiro atoms. The summed E-state index contributed by atoms with van der Waals surface area (Å²) in [5.74, 6) is -2.64. The zero-order valence-corrected chi connectivity index (χ0v) is 44.2. The van der Waals surface area contributed by atoms with E-state index in [0.717, 1.165) is 0 Å². The van der Waals surface area contributed by atoms with Gasteiger partial charge >= 0.3 is 6.09 Å². The number of nitrogens with one attached hydrogen (secondary N) is 3. The Balaban J connectivity index is 1.42. The standard InChI is InChI=1S/C49H75N9O9S2/c1-15-30(6)40(36(65-13)24-37(59)58-23-19-22-35(58)42(66-14)31(7)44(61)52-32(8)41(60)33-20-17-16-18-21-33)56(11)46(63)38(28(2)3)54-45(62)39(29(4)5)57(12)48(64)67-26-49(9,10)69-68-47-53-34-25-50-27-51-43(34)55-47/h16-18,20-21,25,27-28,30-32,35-36,38-42,60H,4,15,19,22-24,26H2,1-3,5-14H3,(H,52,61)(H,54,62)(H,50,51,53,55)/t30-,31+,32+,35-,36+,38-,39-,40-,41+,42+/m0/s1. The number of benzene rings is 1. The zero-order valence-electron chi connectivity index (χ0n) is 42.6. The molecule has 1 aliphatic heterocycles. The van der Waals surface area contributed by atoms with Gasteiger partial charge in [0.05, 0.1) is 59.7 Å². The second-order valence-electron chi connectivity index (χ2n) is 19.1. The van der Waals surface area contributed by atoms with Crippen molar-refractivity contribution in [3.8, 4) is 0 Å². The molecule has 382 valence electrons. The number of aliphatic hydroxyl groups excluding tert-OH is 1. The molecule has 3 aromatic rings. The molecule has 5 amide bonds. The summed E-state index contributed by atoms with van der Waals surface area (Å²) in [6.45, 7) is 21.1. The van der Waals surface area contributed by atoms with E-state index in [4.69, 9.17) is 14.2 Å². The molecule has 20 heteroatoms. The number of ether oxygens (including phenoxy) is 3. The van der Waals surface area contributed by atoms with E-state index in [1.165, 1.54) is 54.1 Å². The summed E-state index contributed by atoms with van der Waals surface area (Å²) in [5.41, 5.74) is 2.31. The number of aliphatic hydroxyl groups is 1. The molecule has 2 aromatic heterocycles. The van der Waals surface area contributed by atoms with Gasteiger partial charge in [-0.2, -0.15) is 0 Å². The lowest BCUT2D eigenvalue weighted by Crippen LogP contribution is -2.60. The van der Waals surface area contributed by atoms with Crippen molar-refractivity contribution >= 4 is 62.5 Å². The predicted octanol–water partition coefficient (Wildman–Crippen LogP) is 6.18. The number of amides is 5. The van der Waals surface area contributed by atoms with Crippen LogP contribution in [0.4, 0.5) is 4.79 Å². The molecule has 0 bridgehead atoms. The Kier molecular flexibility index (Phi) is 21.3. The molecule has 0 radical (unpaired) electrons. The van der Waals surface area contributed by atoms with Crippen LogP contribution in [0.25, 0.3) is 11.2 Å². The molecule has 1 aromatic carbocycles. The summed E-state index contributed by atoms with van der Waals surface area (Å²) in [4.78, 5) is 90.6. The minimum absolute atomic E-state index is 0.0127. The minimum atomic E-state index is -1.16. The number of hydrogen-bond donors (Lipinski definition) is 4. The number of carbonyl (C=O) groups is 5. The van der Waals surface area contributed by atoms with Gasteiger partial charge < -0.3 is 44.7 Å². The fourth-order valence-electron chi connectivity index (χ4n) is 8.77.